The largest absolute Gasteiger partial charge is 0.508 e. The number of aromatic hydroxyl groups is 1. The Hall–Kier alpha value is -4.03. The number of anilines is 1. The molecule has 0 spiro atoms. The number of alkyl halides is 3. The van der Waals surface area contributed by atoms with Crippen molar-refractivity contribution in [2.24, 2.45) is 10.4 Å². The van der Waals surface area contributed by atoms with Crippen LogP contribution in [0.25, 0.3) is 22.0 Å². The van der Waals surface area contributed by atoms with Gasteiger partial charge in [0.25, 0.3) is 0 Å². The summed E-state index contributed by atoms with van der Waals surface area (Å²) in [5.74, 6) is 1.06. The predicted octanol–water partition coefficient (Wildman–Crippen LogP) is 6.28. The highest BCUT2D eigenvalue weighted by molar-refractivity contribution is 6.06. The van der Waals surface area contributed by atoms with Crippen LogP contribution in [-0.4, -0.2) is 98.0 Å². The van der Waals surface area contributed by atoms with Crippen molar-refractivity contribution >= 4 is 22.3 Å². The number of aliphatic imine (C=N–C) groups is 1. The number of terminal acetylenes is 1. The van der Waals surface area contributed by atoms with Crippen LogP contribution in [0, 0.1) is 29.4 Å². The fraction of sp³-hybridized carbons (Fsp3) is 0.538. The third-order valence-corrected chi connectivity index (χ3v) is 12.2. The number of β-amino-alcohol motifs (C(OH)–C–C–N with tert-alkyl or cyclic N) is 1. The van der Waals surface area contributed by atoms with E-state index in [0.29, 0.717) is 42.7 Å². The van der Waals surface area contributed by atoms with Crippen LogP contribution in [0.2, 0.25) is 0 Å². The Morgan fingerprint density at radius 1 is 1.06 bits per heavy atom. The number of aliphatic hydroxyl groups is 2. The van der Waals surface area contributed by atoms with Gasteiger partial charge in [-0.05, 0) is 75.6 Å². The van der Waals surface area contributed by atoms with E-state index in [1.54, 1.807) is 6.92 Å². The zero-order valence-electron chi connectivity index (χ0n) is 29.3. The second kappa shape index (κ2) is 12.8. The number of benzene rings is 2. The van der Waals surface area contributed by atoms with E-state index in [-0.39, 0.29) is 77.1 Å². The van der Waals surface area contributed by atoms with Gasteiger partial charge in [0.15, 0.2) is 11.4 Å². The number of halogens is 5. The van der Waals surface area contributed by atoms with Crippen LogP contribution >= 0.6 is 0 Å². The molecule has 8 rings (SSSR count). The first-order valence-corrected chi connectivity index (χ1v) is 18.2. The molecule has 4 fully saturated rings. The molecule has 5 aliphatic rings. The second-order valence-corrected chi connectivity index (χ2v) is 15.9. The number of nitrogens with zero attached hydrogens (tertiary/aromatic N) is 4. The van der Waals surface area contributed by atoms with Gasteiger partial charge in [-0.1, -0.05) is 18.4 Å². The maximum atomic E-state index is 17.0. The van der Waals surface area contributed by atoms with Crippen LogP contribution in [-0.2, 0) is 4.74 Å². The van der Waals surface area contributed by atoms with E-state index in [4.69, 9.17) is 16.2 Å². The summed E-state index contributed by atoms with van der Waals surface area (Å²) in [5.41, 5.74) is -3.87. The summed E-state index contributed by atoms with van der Waals surface area (Å²) in [5, 5.41) is 35.5. The lowest BCUT2D eigenvalue weighted by Gasteiger charge is -2.56. The van der Waals surface area contributed by atoms with Crippen LogP contribution < -0.4 is 5.32 Å². The Labute approximate surface area is 303 Å². The number of hydrogen-bond donors (Lipinski definition) is 4. The average Bonchev–Trinajstić information content (AvgIpc) is 3.53. The number of hydrogen-bond acceptors (Lipinski definition) is 9. The number of likely N-dealkylation sites (tertiary alicyclic amines) is 2. The van der Waals surface area contributed by atoms with E-state index in [1.165, 1.54) is 30.5 Å². The zero-order valence-corrected chi connectivity index (χ0v) is 29.3. The minimum Gasteiger partial charge on any atom is -0.508 e. The van der Waals surface area contributed by atoms with Gasteiger partial charge in [0.05, 0.1) is 29.0 Å². The van der Waals surface area contributed by atoms with Gasteiger partial charge in [0, 0.05) is 60.6 Å². The molecule has 0 bridgehead atoms. The Morgan fingerprint density at radius 2 is 1.81 bits per heavy atom. The number of aromatic nitrogens is 1. The first-order chi connectivity index (χ1) is 25.1. The minimum absolute atomic E-state index is 0.0250. The SMILES string of the molecule is C#Cc1c(F)ccc2cc(O)cc(-c3ncc4c(c3F)NC(OC[C@]35CCC[C@H]3N(C3CC(O)(C(F)(F)F)C3)CCC5)N=C4N3CCC[C@@](C)(O)C3)c12. The first kappa shape index (κ1) is 36.0. The van der Waals surface area contributed by atoms with Crippen molar-refractivity contribution in [3.63, 3.8) is 0 Å². The monoisotopic (exact) mass is 739 g/mol. The molecule has 1 aromatic heterocycles. The van der Waals surface area contributed by atoms with Crippen LogP contribution in [0.4, 0.5) is 27.6 Å². The molecule has 4 atom stereocenters. The average molecular weight is 740 g/mol. The number of piperidine rings is 2. The molecule has 2 saturated carbocycles. The molecule has 1 unspecified atom stereocenters. The van der Waals surface area contributed by atoms with Crippen LogP contribution in [0.5, 0.6) is 5.75 Å². The summed E-state index contributed by atoms with van der Waals surface area (Å²) in [6, 6.07) is 4.93. The van der Waals surface area contributed by atoms with Gasteiger partial charge in [-0.15, -0.1) is 6.42 Å². The topological polar surface area (TPSA) is 114 Å². The number of pyridine rings is 1. The van der Waals surface area contributed by atoms with E-state index < -0.39 is 35.4 Å². The number of rotatable bonds is 5. The summed E-state index contributed by atoms with van der Waals surface area (Å²) >= 11 is 0. The van der Waals surface area contributed by atoms with Gasteiger partial charge in [-0.3, -0.25) is 9.88 Å². The molecular formula is C39H42F5N5O4. The van der Waals surface area contributed by atoms with Crippen molar-refractivity contribution < 1.29 is 42.0 Å². The predicted molar refractivity (Wildman–Crippen MR) is 188 cm³/mol. The molecule has 53 heavy (non-hydrogen) atoms. The molecule has 282 valence electrons. The Morgan fingerprint density at radius 3 is 2.55 bits per heavy atom. The lowest BCUT2D eigenvalue weighted by Crippen LogP contribution is -2.66. The third kappa shape index (κ3) is 6.09. The van der Waals surface area contributed by atoms with Gasteiger partial charge in [-0.25, -0.2) is 13.8 Å². The number of fused-ring (bicyclic) bond motifs is 3. The highest BCUT2D eigenvalue weighted by Gasteiger charge is 2.64. The summed E-state index contributed by atoms with van der Waals surface area (Å²) < 4.78 is 79.0. The third-order valence-electron chi connectivity index (χ3n) is 12.2. The lowest BCUT2D eigenvalue weighted by molar-refractivity contribution is -0.303. The molecule has 4 heterocycles. The fourth-order valence-electron chi connectivity index (χ4n) is 9.61. The standard InChI is InChI=1S/C39H42F5N5O4/c1-3-25-28(40)9-8-22-15-24(50)16-26(30(22)25)32-31(41)33-27(19-45-32)34(48-13-5-10-36(2,51)20-48)47-35(46-33)53-21-37-11-4-7-29(37)49(14-6-12-37)23-17-38(52,18-23)39(42,43)44/h1,8-9,15-16,19,23,29,35,46,50-52H,4-7,10-14,17-18,20-21H2,2H3/t23?,29-,35?,36-,37-,38?/m1/s1. The maximum Gasteiger partial charge on any atom is 0.417 e. The van der Waals surface area contributed by atoms with E-state index in [0.717, 1.165) is 32.1 Å². The van der Waals surface area contributed by atoms with Crippen LogP contribution in [0.15, 0.2) is 35.5 Å². The smallest absolute Gasteiger partial charge is 0.417 e. The second-order valence-electron chi connectivity index (χ2n) is 15.9. The molecule has 0 amide bonds. The van der Waals surface area contributed by atoms with E-state index >= 15 is 4.39 Å². The van der Waals surface area contributed by atoms with Gasteiger partial charge in [-0.2, -0.15) is 13.2 Å². The first-order valence-electron chi connectivity index (χ1n) is 18.2. The zero-order chi connectivity index (χ0) is 37.5. The number of ether oxygens (including phenoxy) is 1. The summed E-state index contributed by atoms with van der Waals surface area (Å²) in [4.78, 5) is 13.4. The molecule has 0 radical (unpaired) electrons. The van der Waals surface area contributed by atoms with Gasteiger partial charge in [0.1, 0.15) is 23.1 Å². The van der Waals surface area contributed by atoms with E-state index in [2.05, 4.69) is 21.1 Å². The van der Waals surface area contributed by atoms with Crippen molar-refractivity contribution in [3.05, 3.63) is 53.2 Å². The number of nitrogens with one attached hydrogen (secondary N) is 1. The van der Waals surface area contributed by atoms with E-state index in [1.807, 2.05) is 4.90 Å². The van der Waals surface area contributed by atoms with E-state index in [9.17, 15) is 32.9 Å². The molecule has 3 aliphatic heterocycles. The molecule has 9 nitrogen and oxygen atoms in total. The quantitative estimate of drug-likeness (QED) is 0.179. The van der Waals surface area contributed by atoms with Crippen LogP contribution in [0.3, 0.4) is 0 Å². The molecular weight excluding hydrogens is 697 g/mol. The Balaban J connectivity index is 1.13. The number of amidine groups is 1. The van der Waals surface area contributed by atoms with Crippen molar-refractivity contribution in [2.75, 3.05) is 31.6 Å². The molecule has 4 N–H and O–H groups in total. The van der Waals surface area contributed by atoms with Crippen molar-refractivity contribution in [3.8, 4) is 29.4 Å². The highest BCUT2D eigenvalue weighted by Crippen LogP contribution is 2.54. The number of phenols is 1. The Bertz CT molecular complexity index is 2030. The van der Waals surface area contributed by atoms with Crippen LogP contribution in [0.1, 0.15) is 75.8 Å². The molecule has 2 saturated heterocycles. The minimum atomic E-state index is -4.67. The van der Waals surface area contributed by atoms with Gasteiger partial charge < -0.3 is 30.3 Å². The summed E-state index contributed by atoms with van der Waals surface area (Å²) in [6.07, 6.45) is 5.99. The van der Waals surface area contributed by atoms with Crippen molar-refractivity contribution in [1.29, 1.82) is 0 Å². The normalized spacial score (nSPS) is 31.6. The molecule has 2 aromatic carbocycles. The van der Waals surface area contributed by atoms with Crippen molar-refractivity contribution in [2.45, 2.75) is 101 Å². The molecule has 3 aromatic rings. The maximum absolute atomic E-state index is 17.0. The highest BCUT2D eigenvalue weighted by atomic mass is 19.4. The summed E-state index contributed by atoms with van der Waals surface area (Å²) in [7, 11) is 0. The fourth-order valence-corrected chi connectivity index (χ4v) is 9.61. The van der Waals surface area contributed by atoms with Crippen molar-refractivity contribution in [1.82, 2.24) is 14.8 Å². The van der Waals surface area contributed by atoms with Gasteiger partial charge in [0.2, 0.25) is 6.35 Å². The molecule has 14 heteroatoms. The lowest BCUT2D eigenvalue weighted by atomic mass is 9.69. The number of phenolic OH excluding ortho intramolecular Hbond substituents is 1. The molecule has 2 aliphatic carbocycles. The summed E-state index contributed by atoms with van der Waals surface area (Å²) in [6.45, 7) is 3.37. The Kier molecular flexibility index (Phi) is 8.68. The van der Waals surface area contributed by atoms with Gasteiger partial charge >= 0.3 is 6.18 Å².